The van der Waals surface area contributed by atoms with Gasteiger partial charge in [-0.2, -0.15) is 0 Å². The largest absolute Gasteiger partial charge is 0.391 e. The first kappa shape index (κ1) is 24.2. The molecule has 0 aromatic carbocycles. The molecule has 0 fully saturated rings. The van der Waals surface area contributed by atoms with Crippen LogP contribution in [0.15, 0.2) is 17.1 Å². The molecule has 0 aromatic rings. The minimum Gasteiger partial charge on any atom is -0.391 e. The molecule has 2 N–H and O–H groups in total. The molecule has 158 valence electrons. The van der Waals surface area contributed by atoms with Gasteiger partial charge in [-0.15, -0.1) is 0 Å². The molecule has 1 aliphatic heterocycles. The number of hydrogen-bond acceptors (Lipinski definition) is 3. The molecule has 3 unspecified atom stereocenters. The van der Waals surface area contributed by atoms with E-state index in [1.807, 2.05) is 6.92 Å². The van der Waals surface area contributed by atoms with Crippen molar-refractivity contribution in [3.8, 4) is 0 Å². The topological polar surface area (TPSA) is 44.6 Å². The summed E-state index contributed by atoms with van der Waals surface area (Å²) >= 11 is 0. The Morgan fingerprint density at radius 1 is 0.963 bits per heavy atom. The number of aliphatic hydroxyl groups excluding tert-OH is 1. The van der Waals surface area contributed by atoms with Crippen LogP contribution in [0.5, 0.6) is 0 Å². The van der Waals surface area contributed by atoms with Gasteiger partial charge in [0.05, 0.1) is 12.1 Å². The van der Waals surface area contributed by atoms with Gasteiger partial charge in [0, 0.05) is 12.5 Å². The molecule has 0 aliphatic carbocycles. The quantitative estimate of drug-likeness (QED) is 0.227. The van der Waals surface area contributed by atoms with E-state index < -0.39 is 0 Å². The molecule has 0 spiro atoms. The van der Waals surface area contributed by atoms with Crippen LogP contribution in [0.25, 0.3) is 0 Å². The number of unbranched alkanes of at least 4 members (excludes halogenated alkanes) is 12. The van der Waals surface area contributed by atoms with E-state index in [0.717, 1.165) is 18.8 Å². The number of rotatable bonds is 17. The maximum Gasteiger partial charge on any atom is 0.104 e. The van der Waals surface area contributed by atoms with Gasteiger partial charge in [0.25, 0.3) is 0 Å². The summed E-state index contributed by atoms with van der Waals surface area (Å²) in [5.74, 6) is 1.44. The van der Waals surface area contributed by atoms with Gasteiger partial charge < -0.3 is 10.4 Å². The van der Waals surface area contributed by atoms with Gasteiger partial charge in [0.1, 0.15) is 5.84 Å². The van der Waals surface area contributed by atoms with E-state index in [-0.39, 0.29) is 12.1 Å². The third kappa shape index (κ3) is 11.6. The average molecular weight is 379 g/mol. The summed E-state index contributed by atoms with van der Waals surface area (Å²) in [6, 6.07) is 0.0267. The molecular formula is C24H46N2O. The number of hydrogen-bond donors (Lipinski definition) is 2. The second-order valence-corrected chi connectivity index (χ2v) is 8.32. The van der Waals surface area contributed by atoms with Crippen LogP contribution in [-0.4, -0.2) is 29.6 Å². The lowest BCUT2D eigenvalue weighted by atomic mass is 10.0. The molecule has 0 radical (unpaired) electrons. The van der Waals surface area contributed by atoms with Crippen molar-refractivity contribution in [1.29, 1.82) is 0 Å². The molecule has 3 atom stereocenters. The Hall–Kier alpha value is -0.830. The summed E-state index contributed by atoms with van der Waals surface area (Å²) in [4.78, 5) is 4.65. The fourth-order valence-corrected chi connectivity index (χ4v) is 3.77. The molecule has 3 nitrogen and oxygen atoms in total. The molecule has 0 saturated carbocycles. The van der Waals surface area contributed by atoms with Crippen molar-refractivity contribution in [3.63, 3.8) is 0 Å². The highest BCUT2D eigenvalue weighted by molar-refractivity contribution is 5.87. The minimum absolute atomic E-state index is 0.0267. The van der Waals surface area contributed by atoms with Crippen LogP contribution >= 0.6 is 0 Å². The zero-order valence-electron chi connectivity index (χ0n) is 18.4. The van der Waals surface area contributed by atoms with Gasteiger partial charge in [-0.1, -0.05) is 96.6 Å². The molecule has 3 heteroatoms. The van der Waals surface area contributed by atoms with Gasteiger partial charge in [-0.3, -0.25) is 4.99 Å². The Bertz CT molecular complexity index is 403. The zero-order chi connectivity index (χ0) is 19.7. The summed E-state index contributed by atoms with van der Waals surface area (Å²) in [6.45, 7) is 7.09. The van der Waals surface area contributed by atoms with Gasteiger partial charge >= 0.3 is 0 Å². The van der Waals surface area contributed by atoms with E-state index in [1.54, 1.807) is 0 Å². The Morgan fingerprint density at radius 3 is 2.00 bits per heavy atom. The highest BCUT2D eigenvalue weighted by Crippen LogP contribution is 2.15. The molecule has 1 aliphatic rings. The Kier molecular flexibility index (Phi) is 14.5. The van der Waals surface area contributed by atoms with Crippen molar-refractivity contribution in [2.24, 2.45) is 10.9 Å². The van der Waals surface area contributed by atoms with Crippen LogP contribution < -0.4 is 5.32 Å². The lowest BCUT2D eigenvalue weighted by Gasteiger charge is -2.10. The van der Waals surface area contributed by atoms with E-state index in [9.17, 15) is 5.11 Å². The van der Waals surface area contributed by atoms with Gasteiger partial charge in [0.15, 0.2) is 0 Å². The summed E-state index contributed by atoms with van der Waals surface area (Å²) in [5, 5.41) is 13.0. The van der Waals surface area contributed by atoms with Crippen LogP contribution in [0, 0.1) is 5.92 Å². The predicted molar refractivity (Wildman–Crippen MR) is 120 cm³/mol. The van der Waals surface area contributed by atoms with Crippen molar-refractivity contribution in [3.05, 3.63) is 12.2 Å². The van der Waals surface area contributed by atoms with E-state index >= 15 is 0 Å². The normalized spacial score (nSPS) is 19.3. The molecule has 27 heavy (non-hydrogen) atoms. The van der Waals surface area contributed by atoms with E-state index in [1.165, 1.54) is 83.5 Å². The van der Waals surface area contributed by atoms with Crippen molar-refractivity contribution >= 4 is 5.84 Å². The number of allylic oxidation sites excluding steroid dienone is 1. The van der Waals surface area contributed by atoms with E-state index in [0.29, 0.717) is 5.92 Å². The number of nitrogens with one attached hydrogen (secondary N) is 1. The van der Waals surface area contributed by atoms with Crippen LogP contribution in [0.4, 0.5) is 0 Å². The number of aliphatic imine (C=N–C) groups is 1. The van der Waals surface area contributed by atoms with Crippen molar-refractivity contribution in [1.82, 2.24) is 5.32 Å². The molecule has 0 amide bonds. The lowest BCUT2D eigenvalue weighted by molar-refractivity contribution is 0.169. The average Bonchev–Trinajstić information content (AvgIpc) is 3.15. The monoisotopic (exact) mass is 378 g/mol. The Labute approximate surface area is 169 Å². The van der Waals surface area contributed by atoms with Gasteiger partial charge in [0.2, 0.25) is 0 Å². The molecule has 1 heterocycles. The SMILES string of the molecule is CCCCCCCCCCCCCCC=CC(CC)C1=NC(C(C)O)CN1. The first-order chi connectivity index (χ1) is 13.2. The number of nitrogens with zero attached hydrogens (tertiary/aromatic N) is 1. The van der Waals surface area contributed by atoms with Crippen molar-refractivity contribution in [2.45, 2.75) is 123 Å². The maximum atomic E-state index is 9.67. The van der Waals surface area contributed by atoms with E-state index in [4.69, 9.17) is 0 Å². The summed E-state index contributed by atoms with van der Waals surface area (Å²) in [5.41, 5.74) is 0. The first-order valence-corrected chi connectivity index (χ1v) is 11.8. The second kappa shape index (κ2) is 16.2. The first-order valence-electron chi connectivity index (χ1n) is 11.8. The molecule has 1 rings (SSSR count). The van der Waals surface area contributed by atoms with Crippen LogP contribution in [0.3, 0.4) is 0 Å². The van der Waals surface area contributed by atoms with Gasteiger partial charge in [-0.05, 0) is 26.2 Å². The molecule has 0 aromatic heterocycles. The third-order valence-electron chi connectivity index (χ3n) is 5.74. The predicted octanol–water partition coefficient (Wildman–Crippen LogP) is 6.41. The Morgan fingerprint density at radius 2 is 1.52 bits per heavy atom. The summed E-state index contributed by atoms with van der Waals surface area (Å²) in [7, 11) is 0. The standard InChI is InChI=1S/C24H46N2O/c1-4-6-7-8-9-10-11-12-13-14-15-16-17-18-19-22(5-2)24-25-20-23(26-24)21(3)27/h18-19,21-23,27H,4-17,20H2,1-3H3,(H,25,26). The molecule has 0 saturated heterocycles. The second-order valence-electron chi connectivity index (χ2n) is 8.32. The maximum absolute atomic E-state index is 9.67. The Balaban J connectivity index is 1.98. The number of amidine groups is 1. The smallest absolute Gasteiger partial charge is 0.104 e. The van der Waals surface area contributed by atoms with Crippen LogP contribution in [0.2, 0.25) is 0 Å². The highest BCUT2D eigenvalue weighted by Gasteiger charge is 2.24. The molecular weight excluding hydrogens is 332 g/mol. The molecule has 0 bridgehead atoms. The van der Waals surface area contributed by atoms with Crippen molar-refractivity contribution in [2.75, 3.05) is 6.54 Å². The van der Waals surface area contributed by atoms with Gasteiger partial charge in [-0.25, -0.2) is 0 Å². The summed E-state index contributed by atoms with van der Waals surface area (Å²) < 4.78 is 0. The fourth-order valence-electron chi connectivity index (χ4n) is 3.77. The fraction of sp³-hybridized carbons (Fsp3) is 0.875. The number of aliphatic hydroxyl groups is 1. The van der Waals surface area contributed by atoms with Crippen molar-refractivity contribution < 1.29 is 5.11 Å². The minimum atomic E-state index is -0.363. The summed E-state index contributed by atoms with van der Waals surface area (Å²) in [6.07, 6.45) is 23.4. The lowest BCUT2D eigenvalue weighted by Crippen LogP contribution is -2.29. The third-order valence-corrected chi connectivity index (χ3v) is 5.74. The van der Waals surface area contributed by atoms with Crippen LogP contribution in [0.1, 0.15) is 111 Å². The van der Waals surface area contributed by atoms with Crippen LogP contribution in [-0.2, 0) is 0 Å². The van der Waals surface area contributed by atoms with E-state index in [2.05, 4.69) is 36.3 Å². The highest BCUT2D eigenvalue weighted by atomic mass is 16.3. The zero-order valence-corrected chi connectivity index (χ0v) is 18.4.